The minimum absolute atomic E-state index is 0.129. The summed E-state index contributed by atoms with van der Waals surface area (Å²) in [5.74, 6) is 0.342. The maximum Gasteiger partial charge on any atom is 0.161 e. The highest BCUT2D eigenvalue weighted by Gasteiger charge is 2.33. The van der Waals surface area contributed by atoms with E-state index in [1.165, 1.54) is 5.56 Å². The molecule has 0 radical (unpaired) electrons. The van der Waals surface area contributed by atoms with Crippen LogP contribution in [0, 0.1) is 11.3 Å². The van der Waals surface area contributed by atoms with Crippen molar-refractivity contribution in [3.63, 3.8) is 0 Å². The summed E-state index contributed by atoms with van der Waals surface area (Å²) in [5, 5.41) is 0. The van der Waals surface area contributed by atoms with Gasteiger partial charge in [-0.25, -0.2) is 0 Å². The molecule has 0 bridgehead atoms. The van der Waals surface area contributed by atoms with Crippen molar-refractivity contribution in [3.8, 4) is 0 Å². The lowest BCUT2D eigenvalue weighted by Crippen LogP contribution is -2.37. The predicted molar refractivity (Wildman–Crippen MR) is 80.1 cm³/mol. The van der Waals surface area contributed by atoms with E-state index in [1.54, 1.807) is 0 Å². The Labute approximate surface area is 118 Å². The third-order valence-electron chi connectivity index (χ3n) is 3.40. The van der Waals surface area contributed by atoms with Gasteiger partial charge in [-0.1, -0.05) is 51.1 Å². The first-order valence-electron chi connectivity index (χ1n) is 7.26. The number of ether oxygens (including phenoxy) is 2. The van der Waals surface area contributed by atoms with Gasteiger partial charge in [-0.15, -0.1) is 0 Å². The number of benzene rings is 1. The Morgan fingerprint density at radius 3 is 1.89 bits per heavy atom. The quantitative estimate of drug-likeness (QED) is 0.684. The second kappa shape index (κ2) is 7.66. The highest BCUT2D eigenvalue weighted by atomic mass is 16.7. The largest absolute Gasteiger partial charge is 0.353 e. The van der Waals surface area contributed by atoms with E-state index in [0.717, 1.165) is 6.42 Å². The average molecular weight is 264 g/mol. The fourth-order valence-electron chi connectivity index (χ4n) is 2.29. The SMILES string of the molecule is CCOC(OCC)C(Cc1ccccc1)C(C)(C)C. The molecule has 2 nitrogen and oxygen atoms in total. The fourth-order valence-corrected chi connectivity index (χ4v) is 2.29. The van der Waals surface area contributed by atoms with Gasteiger partial charge < -0.3 is 9.47 Å². The molecule has 0 aliphatic carbocycles. The summed E-state index contributed by atoms with van der Waals surface area (Å²) < 4.78 is 11.6. The molecule has 0 N–H and O–H groups in total. The maximum atomic E-state index is 5.82. The van der Waals surface area contributed by atoms with Gasteiger partial charge in [0.25, 0.3) is 0 Å². The van der Waals surface area contributed by atoms with Crippen LogP contribution < -0.4 is 0 Å². The summed E-state index contributed by atoms with van der Waals surface area (Å²) in [6, 6.07) is 10.6. The molecule has 0 fully saturated rings. The number of hydrogen-bond acceptors (Lipinski definition) is 2. The monoisotopic (exact) mass is 264 g/mol. The minimum atomic E-state index is -0.129. The van der Waals surface area contributed by atoms with Crippen molar-refractivity contribution in [2.75, 3.05) is 13.2 Å². The summed E-state index contributed by atoms with van der Waals surface area (Å²) in [6.07, 6.45) is 0.852. The first-order chi connectivity index (χ1) is 8.99. The molecule has 0 amide bonds. The van der Waals surface area contributed by atoms with E-state index in [0.29, 0.717) is 19.1 Å². The van der Waals surface area contributed by atoms with E-state index in [4.69, 9.17) is 9.47 Å². The standard InChI is InChI=1S/C17H28O2/c1-6-18-16(19-7-2)15(17(3,4)5)13-14-11-9-8-10-12-14/h8-12,15-16H,6-7,13H2,1-5H3. The van der Waals surface area contributed by atoms with E-state index in [-0.39, 0.29) is 11.7 Å². The first-order valence-corrected chi connectivity index (χ1v) is 7.26. The third kappa shape index (κ3) is 5.33. The van der Waals surface area contributed by atoms with Crippen LogP contribution in [-0.2, 0) is 15.9 Å². The topological polar surface area (TPSA) is 18.5 Å². The Morgan fingerprint density at radius 1 is 0.947 bits per heavy atom. The second-order valence-corrected chi connectivity index (χ2v) is 5.94. The Kier molecular flexibility index (Phi) is 6.53. The highest BCUT2D eigenvalue weighted by molar-refractivity contribution is 5.15. The molecule has 2 heteroatoms. The molecule has 1 rings (SSSR count). The van der Waals surface area contributed by atoms with E-state index < -0.39 is 0 Å². The highest BCUT2D eigenvalue weighted by Crippen LogP contribution is 2.33. The van der Waals surface area contributed by atoms with E-state index in [1.807, 2.05) is 13.8 Å². The van der Waals surface area contributed by atoms with E-state index in [9.17, 15) is 0 Å². The van der Waals surface area contributed by atoms with Gasteiger partial charge in [0.1, 0.15) is 0 Å². The van der Waals surface area contributed by atoms with E-state index >= 15 is 0 Å². The van der Waals surface area contributed by atoms with Gasteiger partial charge in [0.05, 0.1) is 0 Å². The summed E-state index contributed by atoms with van der Waals surface area (Å²) in [7, 11) is 0. The molecule has 1 atom stereocenters. The Hall–Kier alpha value is -0.860. The van der Waals surface area contributed by atoms with Gasteiger partial charge in [-0.05, 0) is 31.2 Å². The minimum Gasteiger partial charge on any atom is -0.353 e. The van der Waals surface area contributed by atoms with Crippen LogP contribution in [0.4, 0.5) is 0 Å². The van der Waals surface area contributed by atoms with Crippen LogP contribution in [0.15, 0.2) is 30.3 Å². The molecule has 1 aromatic rings. The van der Waals surface area contributed by atoms with Gasteiger partial charge in [-0.2, -0.15) is 0 Å². The molecule has 0 spiro atoms. The van der Waals surface area contributed by atoms with Crippen LogP contribution in [0.5, 0.6) is 0 Å². The normalized spacial score (nSPS) is 13.8. The lowest BCUT2D eigenvalue weighted by Gasteiger charge is -2.36. The fraction of sp³-hybridized carbons (Fsp3) is 0.647. The van der Waals surface area contributed by atoms with Gasteiger partial charge in [-0.3, -0.25) is 0 Å². The zero-order valence-corrected chi connectivity index (χ0v) is 13.0. The zero-order valence-electron chi connectivity index (χ0n) is 13.0. The van der Waals surface area contributed by atoms with Crippen molar-refractivity contribution in [2.45, 2.75) is 47.3 Å². The van der Waals surface area contributed by atoms with Crippen LogP contribution >= 0.6 is 0 Å². The second-order valence-electron chi connectivity index (χ2n) is 5.94. The van der Waals surface area contributed by atoms with Crippen LogP contribution in [0.3, 0.4) is 0 Å². The molecule has 19 heavy (non-hydrogen) atoms. The van der Waals surface area contributed by atoms with Crippen molar-refractivity contribution in [3.05, 3.63) is 35.9 Å². The molecule has 0 aliphatic rings. The zero-order chi connectivity index (χ0) is 14.3. The lowest BCUT2D eigenvalue weighted by atomic mass is 9.76. The predicted octanol–water partition coefficient (Wildman–Crippen LogP) is 4.29. The molecular formula is C17H28O2. The first kappa shape index (κ1) is 16.2. The van der Waals surface area contributed by atoms with Gasteiger partial charge in [0.15, 0.2) is 6.29 Å². The molecule has 1 aromatic carbocycles. The lowest BCUT2D eigenvalue weighted by molar-refractivity contribution is -0.186. The molecule has 0 aliphatic heterocycles. The molecule has 0 saturated carbocycles. The molecule has 1 unspecified atom stereocenters. The van der Waals surface area contributed by atoms with Crippen LogP contribution in [-0.4, -0.2) is 19.5 Å². The van der Waals surface area contributed by atoms with Crippen LogP contribution in [0.25, 0.3) is 0 Å². The van der Waals surface area contributed by atoms with Crippen molar-refractivity contribution < 1.29 is 9.47 Å². The Morgan fingerprint density at radius 2 is 1.47 bits per heavy atom. The molecule has 0 heterocycles. The summed E-state index contributed by atoms with van der Waals surface area (Å²) in [4.78, 5) is 0. The average Bonchev–Trinajstić information content (AvgIpc) is 2.36. The van der Waals surface area contributed by atoms with Crippen LogP contribution in [0.1, 0.15) is 40.2 Å². The number of rotatable bonds is 7. The summed E-state index contributed by atoms with van der Waals surface area (Å²) >= 11 is 0. The Balaban J connectivity index is 2.87. The molecule has 108 valence electrons. The van der Waals surface area contributed by atoms with Crippen LogP contribution in [0.2, 0.25) is 0 Å². The summed E-state index contributed by atoms with van der Waals surface area (Å²) in [6.45, 7) is 12.2. The Bertz CT molecular complexity index is 334. The van der Waals surface area contributed by atoms with Gasteiger partial charge >= 0.3 is 0 Å². The molecule has 0 aromatic heterocycles. The molecular weight excluding hydrogens is 236 g/mol. The van der Waals surface area contributed by atoms with Crippen molar-refractivity contribution in [2.24, 2.45) is 11.3 Å². The van der Waals surface area contributed by atoms with Gasteiger partial charge in [0, 0.05) is 19.1 Å². The smallest absolute Gasteiger partial charge is 0.161 e. The number of hydrogen-bond donors (Lipinski definition) is 0. The summed E-state index contributed by atoms with van der Waals surface area (Å²) in [5.41, 5.74) is 1.48. The van der Waals surface area contributed by atoms with Crippen molar-refractivity contribution >= 4 is 0 Å². The molecule has 0 saturated heterocycles. The van der Waals surface area contributed by atoms with Gasteiger partial charge in [0.2, 0.25) is 0 Å². The van der Waals surface area contributed by atoms with Crippen molar-refractivity contribution in [1.82, 2.24) is 0 Å². The van der Waals surface area contributed by atoms with E-state index in [2.05, 4.69) is 51.1 Å². The van der Waals surface area contributed by atoms with Crippen molar-refractivity contribution in [1.29, 1.82) is 0 Å². The maximum absolute atomic E-state index is 5.82. The third-order valence-corrected chi connectivity index (χ3v) is 3.40.